The van der Waals surface area contributed by atoms with Crippen molar-refractivity contribution >= 4 is 45.0 Å². The molecule has 27 heavy (non-hydrogen) atoms. The van der Waals surface area contributed by atoms with Crippen molar-refractivity contribution in [3.63, 3.8) is 0 Å². The summed E-state index contributed by atoms with van der Waals surface area (Å²) in [5.74, 6) is -0.222. The van der Waals surface area contributed by atoms with Crippen LogP contribution in [0.25, 0.3) is 0 Å². The molecule has 1 fully saturated rings. The average Bonchev–Trinajstić information content (AvgIpc) is 3.05. The van der Waals surface area contributed by atoms with Crippen molar-refractivity contribution in [3.8, 4) is 0 Å². The molecule has 1 aromatic heterocycles. The molecule has 2 aromatic rings. The maximum atomic E-state index is 12.5. The summed E-state index contributed by atoms with van der Waals surface area (Å²) in [4.78, 5) is 12.5. The Labute approximate surface area is 168 Å². The van der Waals surface area contributed by atoms with E-state index in [-0.39, 0.29) is 12.5 Å². The molecule has 0 aliphatic carbocycles. The van der Waals surface area contributed by atoms with E-state index in [1.165, 1.54) is 4.31 Å². The van der Waals surface area contributed by atoms with Crippen LogP contribution in [-0.4, -0.2) is 47.8 Å². The van der Waals surface area contributed by atoms with Crippen molar-refractivity contribution in [2.24, 2.45) is 5.92 Å². The third-order valence-corrected chi connectivity index (χ3v) is 6.48. The maximum absolute atomic E-state index is 12.5. The number of aromatic nitrogens is 2. The highest BCUT2D eigenvalue weighted by molar-refractivity contribution is 7.88. The molecule has 1 aliphatic heterocycles. The minimum atomic E-state index is -3.30. The quantitative estimate of drug-likeness (QED) is 0.789. The summed E-state index contributed by atoms with van der Waals surface area (Å²) < 4.78 is 26.4. The standard InChI is InChI=1S/C17H20Cl2N4O3S/c1-27(25,26)23-8-3-4-12(10-23)17(24)20-16-7-9-22(21-16)11-13-14(18)5-2-6-15(13)19/h2,5-7,9,12H,3-4,8,10-11H2,1H3,(H,20,21,24)/t12-/m1/s1. The summed E-state index contributed by atoms with van der Waals surface area (Å²) >= 11 is 12.3. The highest BCUT2D eigenvalue weighted by atomic mass is 35.5. The zero-order chi connectivity index (χ0) is 19.6. The van der Waals surface area contributed by atoms with Crippen LogP contribution in [-0.2, 0) is 21.4 Å². The highest BCUT2D eigenvalue weighted by Gasteiger charge is 2.30. The summed E-state index contributed by atoms with van der Waals surface area (Å²) in [7, 11) is -3.30. The van der Waals surface area contributed by atoms with Gasteiger partial charge in [-0.2, -0.15) is 5.10 Å². The Morgan fingerprint density at radius 1 is 1.30 bits per heavy atom. The number of nitrogens with zero attached hydrogens (tertiary/aromatic N) is 3. The minimum absolute atomic E-state index is 0.195. The van der Waals surface area contributed by atoms with Gasteiger partial charge < -0.3 is 5.32 Å². The van der Waals surface area contributed by atoms with Crippen molar-refractivity contribution in [1.82, 2.24) is 14.1 Å². The number of carbonyl (C=O) groups is 1. The van der Waals surface area contributed by atoms with Crippen molar-refractivity contribution in [2.75, 3.05) is 24.7 Å². The average molecular weight is 431 g/mol. The van der Waals surface area contributed by atoms with Crippen LogP contribution in [0.5, 0.6) is 0 Å². The van der Waals surface area contributed by atoms with E-state index in [2.05, 4.69) is 10.4 Å². The van der Waals surface area contributed by atoms with Crippen LogP contribution in [0.2, 0.25) is 10.0 Å². The van der Waals surface area contributed by atoms with Crippen LogP contribution >= 0.6 is 23.2 Å². The Kier molecular flexibility index (Phi) is 6.10. The van der Waals surface area contributed by atoms with Crippen LogP contribution in [0.1, 0.15) is 18.4 Å². The summed E-state index contributed by atoms with van der Waals surface area (Å²) in [5, 5.41) is 8.18. The molecule has 146 valence electrons. The van der Waals surface area contributed by atoms with Gasteiger partial charge in [-0.3, -0.25) is 9.48 Å². The minimum Gasteiger partial charge on any atom is -0.309 e. The first-order valence-electron chi connectivity index (χ1n) is 8.46. The predicted molar refractivity (Wildman–Crippen MR) is 106 cm³/mol. The Balaban J connectivity index is 1.64. The molecule has 3 rings (SSSR count). The zero-order valence-corrected chi connectivity index (χ0v) is 17.1. The van der Waals surface area contributed by atoms with Gasteiger partial charge in [0.05, 0.1) is 18.7 Å². The summed E-state index contributed by atoms with van der Waals surface area (Å²) in [6, 6.07) is 6.96. The van der Waals surface area contributed by atoms with Gasteiger partial charge in [0.1, 0.15) is 0 Å². The molecule has 1 amide bonds. The van der Waals surface area contributed by atoms with Crippen molar-refractivity contribution in [3.05, 3.63) is 46.1 Å². The maximum Gasteiger partial charge on any atom is 0.230 e. The molecule has 0 saturated carbocycles. The van der Waals surface area contributed by atoms with Gasteiger partial charge in [0.2, 0.25) is 15.9 Å². The third kappa shape index (κ3) is 5.01. The molecular formula is C17H20Cl2N4O3S. The number of anilines is 1. The lowest BCUT2D eigenvalue weighted by molar-refractivity contribution is -0.120. The van der Waals surface area contributed by atoms with Crippen LogP contribution in [0, 0.1) is 5.92 Å². The largest absolute Gasteiger partial charge is 0.309 e. The second-order valence-electron chi connectivity index (χ2n) is 6.55. The normalized spacial score (nSPS) is 18.4. The first kappa shape index (κ1) is 20.1. The van der Waals surface area contributed by atoms with Gasteiger partial charge in [-0.25, -0.2) is 12.7 Å². The van der Waals surface area contributed by atoms with Gasteiger partial charge in [-0.1, -0.05) is 29.3 Å². The third-order valence-electron chi connectivity index (χ3n) is 4.50. The van der Waals surface area contributed by atoms with E-state index in [4.69, 9.17) is 23.2 Å². The molecule has 2 heterocycles. The van der Waals surface area contributed by atoms with Crippen LogP contribution in [0.4, 0.5) is 5.82 Å². The fourth-order valence-electron chi connectivity index (χ4n) is 3.05. The number of sulfonamides is 1. The second kappa shape index (κ2) is 8.18. The number of halogens is 2. The Hall–Kier alpha value is -1.61. The number of rotatable bonds is 5. The number of benzene rings is 1. The number of hydrogen-bond donors (Lipinski definition) is 1. The monoisotopic (exact) mass is 430 g/mol. The predicted octanol–water partition coefficient (Wildman–Crippen LogP) is 2.85. The molecule has 1 atom stereocenters. The smallest absolute Gasteiger partial charge is 0.230 e. The molecule has 0 unspecified atom stereocenters. The van der Waals surface area contributed by atoms with Gasteiger partial charge in [-0.15, -0.1) is 0 Å². The van der Waals surface area contributed by atoms with E-state index >= 15 is 0 Å². The first-order chi connectivity index (χ1) is 12.7. The van der Waals surface area contributed by atoms with Crippen molar-refractivity contribution in [2.45, 2.75) is 19.4 Å². The van der Waals surface area contributed by atoms with E-state index in [0.29, 0.717) is 41.8 Å². The number of hydrogen-bond acceptors (Lipinski definition) is 4. The van der Waals surface area contributed by atoms with Gasteiger partial charge >= 0.3 is 0 Å². The number of nitrogens with one attached hydrogen (secondary N) is 1. The topological polar surface area (TPSA) is 84.3 Å². The molecule has 10 heteroatoms. The highest BCUT2D eigenvalue weighted by Crippen LogP contribution is 2.25. The lowest BCUT2D eigenvalue weighted by atomic mass is 9.99. The van der Waals surface area contributed by atoms with Crippen molar-refractivity contribution in [1.29, 1.82) is 0 Å². The fraction of sp³-hybridized carbons (Fsp3) is 0.412. The van der Waals surface area contributed by atoms with Gasteiger partial charge in [0, 0.05) is 41.0 Å². The van der Waals surface area contributed by atoms with E-state index in [9.17, 15) is 13.2 Å². The molecule has 0 radical (unpaired) electrons. The van der Waals surface area contributed by atoms with Gasteiger partial charge in [0.15, 0.2) is 5.82 Å². The van der Waals surface area contributed by atoms with E-state index in [0.717, 1.165) is 11.8 Å². The van der Waals surface area contributed by atoms with Crippen molar-refractivity contribution < 1.29 is 13.2 Å². The zero-order valence-electron chi connectivity index (χ0n) is 14.7. The summed E-state index contributed by atoms with van der Waals surface area (Å²) in [6.07, 6.45) is 4.19. The van der Waals surface area contributed by atoms with Gasteiger partial charge in [-0.05, 0) is 25.0 Å². The Morgan fingerprint density at radius 3 is 2.67 bits per heavy atom. The molecule has 0 spiro atoms. The van der Waals surface area contributed by atoms with Crippen LogP contribution < -0.4 is 5.32 Å². The first-order valence-corrected chi connectivity index (χ1v) is 11.1. The number of carbonyl (C=O) groups excluding carboxylic acids is 1. The molecule has 1 aromatic carbocycles. The van der Waals surface area contributed by atoms with E-state index in [1.54, 1.807) is 35.1 Å². The lowest BCUT2D eigenvalue weighted by Gasteiger charge is -2.29. The number of piperidine rings is 1. The van der Waals surface area contributed by atoms with Crippen LogP contribution in [0.3, 0.4) is 0 Å². The number of amides is 1. The second-order valence-corrected chi connectivity index (χ2v) is 9.35. The van der Waals surface area contributed by atoms with E-state index in [1.807, 2.05) is 0 Å². The summed E-state index contributed by atoms with van der Waals surface area (Å²) in [6.45, 7) is 1.02. The molecule has 1 saturated heterocycles. The Morgan fingerprint density at radius 2 is 2.00 bits per heavy atom. The molecular weight excluding hydrogens is 411 g/mol. The fourth-order valence-corrected chi connectivity index (χ4v) is 4.48. The summed E-state index contributed by atoms with van der Waals surface area (Å²) in [5.41, 5.74) is 0.748. The van der Waals surface area contributed by atoms with Crippen LogP contribution in [0.15, 0.2) is 30.5 Å². The molecule has 7 nitrogen and oxygen atoms in total. The SMILES string of the molecule is CS(=O)(=O)N1CCC[C@@H](C(=O)Nc2ccn(Cc3c(Cl)cccc3Cl)n2)C1. The Bertz CT molecular complexity index is 925. The van der Waals surface area contributed by atoms with Gasteiger partial charge in [0.25, 0.3) is 0 Å². The van der Waals surface area contributed by atoms with E-state index < -0.39 is 15.9 Å². The molecule has 1 aliphatic rings. The lowest BCUT2D eigenvalue weighted by Crippen LogP contribution is -2.43. The molecule has 0 bridgehead atoms. The molecule has 1 N–H and O–H groups in total.